The van der Waals surface area contributed by atoms with Crippen LogP contribution in [-0.4, -0.2) is 23.7 Å². The van der Waals surface area contributed by atoms with Crippen LogP contribution in [0.15, 0.2) is 76.4 Å². The van der Waals surface area contributed by atoms with Gasteiger partial charge in [-0.25, -0.2) is 0 Å². The second kappa shape index (κ2) is 11.1. The number of anilines is 1. The number of hydrogen-bond acceptors (Lipinski definition) is 6. The van der Waals surface area contributed by atoms with Gasteiger partial charge in [0.2, 0.25) is 0 Å². The number of hydrogen-bond donors (Lipinski definition) is 1. The molecule has 0 bridgehead atoms. The van der Waals surface area contributed by atoms with Gasteiger partial charge < -0.3 is 14.9 Å². The van der Waals surface area contributed by atoms with Gasteiger partial charge in [0.25, 0.3) is 11.6 Å². The third-order valence-corrected chi connectivity index (χ3v) is 4.80. The van der Waals surface area contributed by atoms with E-state index in [4.69, 9.17) is 9.57 Å². The van der Waals surface area contributed by atoms with Crippen LogP contribution in [0.25, 0.3) is 0 Å². The number of halogens is 1. The van der Waals surface area contributed by atoms with Crippen LogP contribution in [0.2, 0.25) is 0 Å². The van der Waals surface area contributed by atoms with Gasteiger partial charge in [-0.3, -0.25) is 14.9 Å². The normalized spacial score (nSPS) is 10.7. The largest absolute Gasteiger partial charge is 0.488 e. The first-order valence-corrected chi connectivity index (χ1v) is 10.4. The summed E-state index contributed by atoms with van der Waals surface area (Å²) >= 11 is 3.40. The number of nitrogens with one attached hydrogen (secondary N) is 1. The van der Waals surface area contributed by atoms with Crippen LogP contribution in [0, 0.1) is 17.0 Å². The van der Waals surface area contributed by atoms with Crippen molar-refractivity contribution in [2.24, 2.45) is 5.16 Å². The molecule has 0 saturated heterocycles. The Balaban J connectivity index is 1.55. The van der Waals surface area contributed by atoms with E-state index in [-0.39, 0.29) is 24.8 Å². The SMILES string of the molecule is Cc1ccc(NC(=O)CON=Cc2cc(Br)ccc2OCc2ccc([N+](=O)[O-])cc2)cc1. The van der Waals surface area contributed by atoms with Gasteiger partial charge >= 0.3 is 0 Å². The van der Waals surface area contributed by atoms with Crippen LogP contribution >= 0.6 is 15.9 Å². The summed E-state index contributed by atoms with van der Waals surface area (Å²) in [7, 11) is 0. The summed E-state index contributed by atoms with van der Waals surface area (Å²) in [5.41, 5.74) is 3.23. The number of amides is 1. The van der Waals surface area contributed by atoms with E-state index in [9.17, 15) is 14.9 Å². The molecule has 32 heavy (non-hydrogen) atoms. The summed E-state index contributed by atoms with van der Waals surface area (Å²) in [6, 6.07) is 18.9. The molecule has 9 heteroatoms. The monoisotopic (exact) mass is 497 g/mol. The van der Waals surface area contributed by atoms with Gasteiger partial charge in [-0.05, 0) is 55.0 Å². The van der Waals surface area contributed by atoms with E-state index in [2.05, 4.69) is 26.4 Å². The summed E-state index contributed by atoms with van der Waals surface area (Å²) in [6.45, 7) is 1.95. The summed E-state index contributed by atoms with van der Waals surface area (Å²) < 4.78 is 6.65. The van der Waals surface area contributed by atoms with Gasteiger partial charge in [-0.1, -0.05) is 38.8 Å². The number of aryl methyl sites for hydroxylation is 1. The Morgan fingerprint density at radius 3 is 2.53 bits per heavy atom. The first-order valence-electron chi connectivity index (χ1n) is 9.58. The lowest BCUT2D eigenvalue weighted by Crippen LogP contribution is -2.16. The van der Waals surface area contributed by atoms with E-state index < -0.39 is 4.92 Å². The number of carbonyl (C=O) groups excluding carboxylic acids is 1. The minimum absolute atomic E-state index is 0.0220. The summed E-state index contributed by atoms with van der Waals surface area (Å²) in [6.07, 6.45) is 1.45. The molecule has 0 aromatic heterocycles. The van der Waals surface area contributed by atoms with Crippen molar-refractivity contribution >= 4 is 39.4 Å². The lowest BCUT2D eigenvalue weighted by atomic mass is 10.2. The van der Waals surface area contributed by atoms with Crippen molar-refractivity contribution in [3.05, 3.63) is 98.0 Å². The summed E-state index contributed by atoms with van der Waals surface area (Å²) in [5, 5.41) is 17.3. The first kappa shape index (κ1) is 23.0. The number of benzene rings is 3. The standard InChI is InChI=1S/C23H20BrN3O5/c1-16-2-7-20(8-3-16)26-23(28)15-32-25-13-18-12-19(24)6-11-22(18)31-14-17-4-9-21(10-5-17)27(29)30/h2-13H,14-15H2,1H3,(H,26,28). The topological polar surface area (TPSA) is 103 Å². The molecule has 0 aliphatic heterocycles. The maximum atomic E-state index is 12.0. The molecular formula is C23H20BrN3O5. The number of nitro groups is 1. The molecule has 1 N–H and O–H groups in total. The van der Waals surface area contributed by atoms with Gasteiger partial charge in [-0.2, -0.15) is 0 Å². The molecule has 0 fully saturated rings. The Morgan fingerprint density at radius 2 is 1.84 bits per heavy atom. The van der Waals surface area contributed by atoms with Crippen LogP contribution in [0.1, 0.15) is 16.7 Å². The smallest absolute Gasteiger partial charge is 0.269 e. The van der Waals surface area contributed by atoms with E-state index in [1.165, 1.54) is 18.3 Å². The Labute approximate surface area is 193 Å². The number of ether oxygens (including phenoxy) is 1. The zero-order valence-corrected chi connectivity index (χ0v) is 18.7. The van der Waals surface area contributed by atoms with E-state index >= 15 is 0 Å². The summed E-state index contributed by atoms with van der Waals surface area (Å²) in [5.74, 6) is 0.220. The van der Waals surface area contributed by atoms with Gasteiger partial charge in [-0.15, -0.1) is 0 Å². The second-order valence-electron chi connectivity index (χ2n) is 6.82. The molecule has 0 aliphatic rings. The highest BCUT2D eigenvalue weighted by Crippen LogP contribution is 2.23. The molecule has 0 radical (unpaired) electrons. The van der Waals surface area contributed by atoms with Crippen molar-refractivity contribution in [2.45, 2.75) is 13.5 Å². The number of oxime groups is 1. The molecule has 0 atom stereocenters. The fourth-order valence-corrected chi connectivity index (χ4v) is 3.03. The minimum Gasteiger partial charge on any atom is -0.488 e. The number of rotatable bonds is 9. The van der Waals surface area contributed by atoms with Crippen molar-refractivity contribution in [3.63, 3.8) is 0 Å². The van der Waals surface area contributed by atoms with E-state index in [1.807, 2.05) is 37.3 Å². The van der Waals surface area contributed by atoms with Crippen molar-refractivity contribution in [2.75, 3.05) is 11.9 Å². The van der Waals surface area contributed by atoms with Crippen LogP contribution in [0.5, 0.6) is 5.75 Å². The third-order valence-electron chi connectivity index (χ3n) is 4.31. The number of nitro benzene ring substituents is 1. The quantitative estimate of drug-likeness (QED) is 0.247. The molecular weight excluding hydrogens is 478 g/mol. The van der Waals surface area contributed by atoms with Crippen molar-refractivity contribution in [1.29, 1.82) is 0 Å². The molecule has 0 aliphatic carbocycles. The maximum absolute atomic E-state index is 12.0. The fraction of sp³-hybridized carbons (Fsp3) is 0.130. The molecule has 8 nitrogen and oxygen atoms in total. The van der Waals surface area contributed by atoms with Gasteiger partial charge in [0.05, 0.1) is 11.1 Å². The Bertz CT molecular complexity index is 1120. The van der Waals surface area contributed by atoms with Crippen LogP contribution in [0.4, 0.5) is 11.4 Å². The average molecular weight is 498 g/mol. The van der Waals surface area contributed by atoms with E-state index in [0.29, 0.717) is 17.0 Å². The van der Waals surface area contributed by atoms with Crippen LogP contribution in [-0.2, 0) is 16.2 Å². The highest BCUT2D eigenvalue weighted by Gasteiger charge is 2.07. The van der Waals surface area contributed by atoms with Gasteiger partial charge in [0.1, 0.15) is 12.4 Å². The number of carbonyl (C=O) groups is 1. The molecule has 3 aromatic rings. The van der Waals surface area contributed by atoms with E-state index in [0.717, 1.165) is 15.6 Å². The predicted molar refractivity (Wildman–Crippen MR) is 125 cm³/mol. The van der Waals surface area contributed by atoms with Crippen molar-refractivity contribution < 1.29 is 19.3 Å². The van der Waals surface area contributed by atoms with E-state index in [1.54, 1.807) is 24.3 Å². The highest BCUT2D eigenvalue weighted by molar-refractivity contribution is 9.10. The van der Waals surface area contributed by atoms with Crippen LogP contribution in [0.3, 0.4) is 0 Å². The molecule has 1 amide bonds. The van der Waals surface area contributed by atoms with Gasteiger partial charge in [0, 0.05) is 27.9 Å². The Kier molecular flexibility index (Phi) is 7.93. The van der Waals surface area contributed by atoms with Crippen molar-refractivity contribution in [3.8, 4) is 5.75 Å². The molecule has 0 unspecified atom stereocenters. The lowest BCUT2D eigenvalue weighted by Gasteiger charge is -2.09. The second-order valence-corrected chi connectivity index (χ2v) is 7.73. The highest BCUT2D eigenvalue weighted by atomic mass is 79.9. The zero-order chi connectivity index (χ0) is 22.9. The molecule has 3 aromatic carbocycles. The third kappa shape index (κ3) is 6.92. The molecule has 0 heterocycles. The molecule has 0 saturated carbocycles. The maximum Gasteiger partial charge on any atom is 0.269 e. The Hall–Kier alpha value is -3.72. The number of nitrogens with zero attached hydrogens (tertiary/aromatic N) is 2. The molecule has 3 rings (SSSR count). The lowest BCUT2D eigenvalue weighted by molar-refractivity contribution is -0.384. The summed E-state index contributed by atoms with van der Waals surface area (Å²) in [4.78, 5) is 27.4. The molecule has 164 valence electrons. The Morgan fingerprint density at radius 1 is 1.12 bits per heavy atom. The first-order chi connectivity index (χ1) is 15.4. The minimum atomic E-state index is -0.449. The van der Waals surface area contributed by atoms with Crippen molar-refractivity contribution in [1.82, 2.24) is 0 Å². The molecule has 0 spiro atoms. The van der Waals surface area contributed by atoms with Gasteiger partial charge in [0.15, 0.2) is 6.61 Å². The number of non-ortho nitro benzene ring substituents is 1. The zero-order valence-electron chi connectivity index (χ0n) is 17.2. The van der Waals surface area contributed by atoms with Crippen LogP contribution < -0.4 is 10.1 Å². The average Bonchev–Trinajstić information content (AvgIpc) is 2.78. The fourth-order valence-electron chi connectivity index (χ4n) is 2.65. The predicted octanol–water partition coefficient (Wildman–Crippen LogP) is 5.23.